The SMILES string of the molecule is Cc1cccc(NC(=S)N(Cc2ccccc2)[C@@H]2CCS(=O)(=O)C2)c1C. The van der Waals surface area contributed by atoms with E-state index in [1.54, 1.807) is 0 Å². The fraction of sp³-hybridized carbons (Fsp3) is 0.350. The van der Waals surface area contributed by atoms with Gasteiger partial charge in [0.1, 0.15) is 0 Å². The van der Waals surface area contributed by atoms with Crippen molar-refractivity contribution >= 4 is 32.9 Å². The molecule has 1 atom stereocenters. The molecule has 0 spiro atoms. The first-order valence-corrected chi connectivity index (χ1v) is 11.0. The van der Waals surface area contributed by atoms with E-state index in [0.29, 0.717) is 18.1 Å². The Kier molecular flexibility index (Phi) is 5.63. The number of aryl methyl sites for hydroxylation is 1. The summed E-state index contributed by atoms with van der Waals surface area (Å²) in [6, 6.07) is 16.0. The third-order valence-electron chi connectivity index (χ3n) is 4.95. The van der Waals surface area contributed by atoms with Crippen molar-refractivity contribution < 1.29 is 8.42 Å². The maximum atomic E-state index is 12.0. The second kappa shape index (κ2) is 7.76. The zero-order valence-electron chi connectivity index (χ0n) is 15.1. The number of hydrogen-bond acceptors (Lipinski definition) is 3. The van der Waals surface area contributed by atoms with Gasteiger partial charge < -0.3 is 10.2 Å². The predicted molar refractivity (Wildman–Crippen MR) is 111 cm³/mol. The van der Waals surface area contributed by atoms with E-state index < -0.39 is 9.84 Å². The van der Waals surface area contributed by atoms with Crippen molar-refractivity contribution in [2.45, 2.75) is 32.9 Å². The zero-order valence-corrected chi connectivity index (χ0v) is 16.7. The Morgan fingerprint density at radius 3 is 2.54 bits per heavy atom. The normalized spacial score (nSPS) is 18.5. The second-order valence-corrected chi connectivity index (χ2v) is 9.46. The third kappa shape index (κ3) is 4.43. The van der Waals surface area contributed by atoms with Crippen molar-refractivity contribution in [2.24, 2.45) is 0 Å². The van der Waals surface area contributed by atoms with Crippen molar-refractivity contribution in [3.8, 4) is 0 Å². The minimum absolute atomic E-state index is 0.0923. The van der Waals surface area contributed by atoms with Crippen LogP contribution in [0.5, 0.6) is 0 Å². The van der Waals surface area contributed by atoms with Crippen LogP contribution in [0.3, 0.4) is 0 Å². The Balaban J connectivity index is 1.84. The molecule has 1 aliphatic rings. The number of thiocarbonyl (C=S) groups is 1. The topological polar surface area (TPSA) is 49.4 Å². The van der Waals surface area contributed by atoms with E-state index >= 15 is 0 Å². The molecule has 26 heavy (non-hydrogen) atoms. The molecule has 1 saturated heterocycles. The molecule has 2 aromatic rings. The summed E-state index contributed by atoms with van der Waals surface area (Å²) >= 11 is 5.69. The second-order valence-electron chi connectivity index (χ2n) is 6.85. The van der Waals surface area contributed by atoms with Crippen molar-refractivity contribution in [2.75, 3.05) is 16.8 Å². The number of nitrogens with zero attached hydrogens (tertiary/aromatic N) is 1. The molecule has 0 saturated carbocycles. The predicted octanol–water partition coefficient (Wildman–Crippen LogP) is 3.69. The Morgan fingerprint density at radius 1 is 1.15 bits per heavy atom. The molecule has 0 aliphatic carbocycles. The van der Waals surface area contributed by atoms with Gasteiger partial charge in [0, 0.05) is 18.3 Å². The Hall–Kier alpha value is -1.92. The molecule has 138 valence electrons. The lowest BCUT2D eigenvalue weighted by Crippen LogP contribution is -2.43. The molecule has 6 heteroatoms. The van der Waals surface area contributed by atoms with Crippen LogP contribution in [0, 0.1) is 13.8 Å². The molecular weight excluding hydrogens is 364 g/mol. The average molecular weight is 389 g/mol. The third-order valence-corrected chi connectivity index (χ3v) is 7.04. The largest absolute Gasteiger partial charge is 0.341 e. The summed E-state index contributed by atoms with van der Waals surface area (Å²) < 4.78 is 24.0. The molecule has 1 N–H and O–H groups in total. The lowest BCUT2D eigenvalue weighted by Gasteiger charge is -2.31. The van der Waals surface area contributed by atoms with Crippen LogP contribution in [0.1, 0.15) is 23.1 Å². The first kappa shape index (κ1) is 18.9. The van der Waals surface area contributed by atoms with Gasteiger partial charge in [0.25, 0.3) is 0 Å². The highest BCUT2D eigenvalue weighted by Gasteiger charge is 2.33. The number of sulfone groups is 1. The van der Waals surface area contributed by atoms with Gasteiger partial charge in [0.2, 0.25) is 0 Å². The molecule has 1 heterocycles. The smallest absolute Gasteiger partial charge is 0.174 e. The highest BCUT2D eigenvalue weighted by Crippen LogP contribution is 2.23. The Morgan fingerprint density at radius 2 is 1.88 bits per heavy atom. The molecule has 0 bridgehead atoms. The van der Waals surface area contributed by atoms with Crippen LogP contribution < -0.4 is 5.32 Å². The van der Waals surface area contributed by atoms with Gasteiger partial charge in [-0.2, -0.15) is 0 Å². The molecule has 1 fully saturated rings. The minimum atomic E-state index is -2.98. The summed E-state index contributed by atoms with van der Waals surface area (Å²) in [7, 11) is -2.98. The van der Waals surface area contributed by atoms with Crippen molar-refractivity contribution in [1.82, 2.24) is 4.90 Å². The molecular formula is C20H24N2O2S2. The number of anilines is 1. The van der Waals surface area contributed by atoms with Crippen LogP contribution in [0.25, 0.3) is 0 Å². The monoisotopic (exact) mass is 388 g/mol. The molecule has 0 unspecified atom stereocenters. The molecule has 2 aromatic carbocycles. The summed E-state index contributed by atoms with van der Waals surface area (Å²) in [5, 5.41) is 3.91. The van der Waals surface area contributed by atoms with Gasteiger partial charge in [-0.25, -0.2) is 8.42 Å². The van der Waals surface area contributed by atoms with E-state index in [4.69, 9.17) is 12.2 Å². The molecule has 4 nitrogen and oxygen atoms in total. The van der Waals surface area contributed by atoms with Crippen molar-refractivity contribution in [3.63, 3.8) is 0 Å². The number of rotatable bonds is 4. The summed E-state index contributed by atoms with van der Waals surface area (Å²) in [5.41, 5.74) is 4.42. The van der Waals surface area contributed by atoms with Gasteiger partial charge in [-0.15, -0.1) is 0 Å². The van der Waals surface area contributed by atoms with Gasteiger partial charge in [0.05, 0.1) is 11.5 Å². The van der Waals surface area contributed by atoms with E-state index in [1.807, 2.05) is 47.4 Å². The first-order valence-electron chi connectivity index (χ1n) is 8.74. The zero-order chi connectivity index (χ0) is 18.7. The molecule has 3 rings (SSSR count). The van der Waals surface area contributed by atoms with Crippen LogP contribution in [0.2, 0.25) is 0 Å². The fourth-order valence-corrected chi connectivity index (χ4v) is 5.30. The van der Waals surface area contributed by atoms with E-state index in [0.717, 1.165) is 16.8 Å². The number of benzene rings is 2. The van der Waals surface area contributed by atoms with E-state index in [-0.39, 0.29) is 17.5 Å². The molecule has 0 amide bonds. The van der Waals surface area contributed by atoms with Crippen molar-refractivity contribution in [1.29, 1.82) is 0 Å². The van der Waals surface area contributed by atoms with E-state index in [1.165, 1.54) is 5.56 Å². The van der Waals surface area contributed by atoms with Crippen molar-refractivity contribution in [3.05, 3.63) is 65.2 Å². The lowest BCUT2D eigenvalue weighted by atomic mass is 10.1. The Labute approximate surface area is 161 Å². The summed E-state index contributed by atoms with van der Waals surface area (Å²) in [6.45, 7) is 4.72. The highest BCUT2D eigenvalue weighted by molar-refractivity contribution is 7.91. The van der Waals surface area contributed by atoms with Crippen LogP contribution >= 0.6 is 12.2 Å². The maximum absolute atomic E-state index is 12.0. The number of nitrogens with one attached hydrogen (secondary N) is 1. The van der Waals surface area contributed by atoms with Crippen LogP contribution in [0.4, 0.5) is 5.69 Å². The number of hydrogen-bond donors (Lipinski definition) is 1. The average Bonchev–Trinajstić information content (AvgIpc) is 2.97. The minimum Gasteiger partial charge on any atom is -0.341 e. The van der Waals surface area contributed by atoms with Crippen LogP contribution in [0.15, 0.2) is 48.5 Å². The van der Waals surface area contributed by atoms with Gasteiger partial charge in [-0.1, -0.05) is 42.5 Å². The van der Waals surface area contributed by atoms with Gasteiger partial charge >= 0.3 is 0 Å². The maximum Gasteiger partial charge on any atom is 0.174 e. The fourth-order valence-electron chi connectivity index (χ4n) is 3.24. The molecule has 1 aliphatic heterocycles. The summed E-state index contributed by atoms with van der Waals surface area (Å²) in [5.74, 6) is 0.392. The quantitative estimate of drug-likeness (QED) is 0.810. The highest BCUT2D eigenvalue weighted by atomic mass is 32.2. The lowest BCUT2D eigenvalue weighted by molar-refractivity contribution is 0.332. The van der Waals surface area contributed by atoms with Crippen LogP contribution in [-0.4, -0.2) is 36.0 Å². The van der Waals surface area contributed by atoms with Crippen LogP contribution in [-0.2, 0) is 16.4 Å². The molecule has 0 aromatic heterocycles. The first-order chi connectivity index (χ1) is 12.4. The summed E-state index contributed by atoms with van der Waals surface area (Å²) in [4.78, 5) is 2.02. The van der Waals surface area contributed by atoms with E-state index in [2.05, 4.69) is 25.2 Å². The van der Waals surface area contributed by atoms with Gasteiger partial charge in [-0.3, -0.25) is 0 Å². The van der Waals surface area contributed by atoms with E-state index in [9.17, 15) is 8.42 Å². The molecule has 0 radical (unpaired) electrons. The summed E-state index contributed by atoms with van der Waals surface area (Å²) in [6.07, 6.45) is 0.615. The van der Waals surface area contributed by atoms with Gasteiger partial charge in [-0.05, 0) is 55.2 Å². The van der Waals surface area contributed by atoms with Gasteiger partial charge in [0.15, 0.2) is 14.9 Å². The standard InChI is InChI=1S/C20H24N2O2S2/c1-15-7-6-10-19(16(15)2)21-20(25)22(13-17-8-4-3-5-9-17)18-11-12-26(23,24)14-18/h3-10,18H,11-14H2,1-2H3,(H,21,25)/t18-/m1/s1. The Bertz CT molecular complexity index is 895.